The topological polar surface area (TPSA) is 86.9 Å². The number of carbonyl (C=O) groups is 1. The van der Waals surface area contributed by atoms with Gasteiger partial charge in [0.05, 0.1) is 17.3 Å². The van der Waals surface area contributed by atoms with Gasteiger partial charge in [-0.2, -0.15) is 5.26 Å². The average Bonchev–Trinajstić information content (AvgIpc) is 2.51. The summed E-state index contributed by atoms with van der Waals surface area (Å²) in [4.78, 5) is 23.5. The number of nitriles is 1. The third-order valence-corrected chi connectivity index (χ3v) is 2.98. The summed E-state index contributed by atoms with van der Waals surface area (Å²) in [6.07, 6.45) is 2.45. The van der Waals surface area contributed by atoms with Gasteiger partial charge >= 0.3 is 6.03 Å². The maximum atomic E-state index is 11.9. The lowest BCUT2D eigenvalue weighted by molar-refractivity contribution is 0.262. The van der Waals surface area contributed by atoms with Crippen molar-refractivity contribution < 1.29 is 4.79 Å². The van der Waals surface area contributed by atoms with Gasteiger partial charge in [0.15, 0.2) is 0 Å². The van der Waals surface area contributed by atoms with Crippen LogP contribution >= 0.6 is 0 Å². The molecule has 0 aliphatic heterocycles. The maximum absolute atomic E-state index is 11.9. The Morgan fingerprint density at radius 1 is 1.14 bits per heavy atom. The second-order valence-electron chi connectivity index (χ2n) is 4.72. The molecule has 112 valence electrons. The van der Waals surface area contributed by atoms with Crippen LogP contribution in [-0.4, -0.2) is 10.6 Å². The van der Waals surface area contributed by atoms with Gasteiger partial charge in [-0.25, -0.2) is 4.79 Å². The zero-order chi connectivity index (χ0) is 15.9. The van der Waals surface area contributed by atoms with Gasteiger partial charge in [0, 0.05) is 24.5 Å². The first-order valence-electron chi connectivity index (χ1n) is 6.91. The molecule has 2 N–H and O–H groups in total. The fraction of sp³-hybridized carbons (Fsp3) is 0.188. The molecule has 0 saturated heterocycles. The van der Waals surface area contributed by atoms with Crippen LogP contribution < -0.4 is 16.2 Å². The van der Waals surface area contributed by atoms with Crippen molar-refractivity contribution in [1.29, 1.82) is 5.26 Å². The van der Waals surface area contributed by atoms with Gasteiger partial charge in [-0.15, -0.1) is 0 Å². The molecule has 2 amide bonds. The number of benzene rings is 1. The molecule has 6 nitrogen and oxygen atoms in total. The van der Waals surface area contributed by atoms with Crippen molar-refractivity contribution in [3.63, 3.8) is 0 Å². The smallest absolute Gasteiger partial charge is 0.313 e. The van der Waals surface area contributed by atoms with Gasteiger partial charge in [-0.1, -0.05) is 6.92 Å². The highest BCUT2D eigenvalue weighted by Crippen LogP contribution is 2.10. The SMILES string of the molecule is CCCn1cc(NC(=O)Nc2ccc(C#N)cc2)ccc1=O. The fourth-order valence-corrected chi connectivity index (χ4v) is 1.94. The minimum Gasteiger partial charge on any atom is -0.313 e. The van der Waals surface area contributed by atoms with E-state index in [0.717, 1.165) is 6.42 Å². The van der Waals surface area contributed by atoms with Crippen LogP contribution in [0.2, 0.25) is 0 Å². The summed E-state index contributed by atoms with van der Waals surface area (Å²) >= 11 is 0. The van der Waals surface area contributed by atoms with Crippen LogP contribution in [0.25, 0.3) is 0 Å². The highest BCUT2D eigenvalue weighted by atomic mass is 16.2. The van der Waals surface area contributed by atoms with Gasteiger partial charge in [-0.3, -0.25) is 4.79 Å². The molecule has 0 aliphatic carbocycles. The van der Waals surface area contributed by atoms with E-state index in [-0.39, 0.29) is 5.56 Å². The van der Waals surface area contributed by atoms with Crippen LogP contribution in [0.1, 0.15) is 18.9 Å². The summed E-state index contributed by atoms with van der Waals surface area (Å²) in [6.45, 7) is 2.58. The quantitative estimate of drug-likeness (QED) is 0.909. The number of hydrogen-bond acceptors (Lipinski definition) is 3. The molecular formula is C16H16N4O2. The van der Waals surface area contributed by atoms with Gasteiger partial charge in [-0.05, 0) is 36.8 Å². The van der Waals surface area contributed by atoms with Crippen molar-refractivity contribution in [3.05, 3.63) is 58.5 Å². The first kappa shape index (κ1) is 15.3. The summed E-state index contributed by atoms with van der Waals surface area (Å²) in [5.41, 5.74) is 1.55. The lowest BCUT2D eigenvalue weighted by atomic mass is 10.2. The fourth-order valence-electron chi connectivity index (χ4n) is 1.94. The number of amides is 2. The summed E-state index contributed by atoms with van der Waals surface area (Å²) in [6, 6.07) is 11.1. The van der Waals surface area contributed by atoms with Crippen molar-refractivity contribution in [1.82, 2.24) is 4.57 Å². The molecule has 22 heavy (non-hydrogen) atoms. The zero-order valence-corrected chi connectivity index (χ0v) is 12.2. The molecule has 0 spiro atoms. The first-order valence-corrected chi connectivity index (χ1v) is 6.91. The molecule has 0 radical (unpaired) electrons. The van der Waals surface area contributed by atoms with E-state index < -0.39 is 6.03 Å². The second kappa shape index (κ2) is 7.09. The van der Waals surface area contributed by atoms with Gasteiger partial charge in [0.1, 0.15) is 0 Å². The summed E-state index contributed by atoms with van der Waals surface area (Å²) in [7, 11) is 0. The molecule has 1 aromatic carbocycles. The standard InChI is InChI=1S/C16H16N4O2/c1-2-9-20-11-14(7-8-15(20)21)19-16(22)18-13-5-3-12(10-17)4-6-13/h3-8,11H,2,9H2,1H3,(H2,18,19,22). The Bertz CT molecular complexity index is 757. The number of hydrogen-bond donors (Lipinski definition) is 2. The van der Waals surface area contributed by atoms with E-state index in [9.17, 15) is 9.59 Å². The van der Waals surface area contributed by atoms with E-state index in [0.29, 0.717) is 23.5 Å². The Morgan fingerprint density at radius 2 is 1.77 bits per heavy atom. The molecule has 0 aliphatic rings. The Morgan fingerprint density at radius 3 is 2.41 bits per heavy atom. The van der Waals surface area contributed by atoms with Gasteiger partial charge < -0.3 is 15.2 Å². The number of pyridine rings is 1. The summed E-state index contributed by atoms with van der Waals surface area (Å²) in [5, 5.41) is 14.1. The number of aryl methyl sites for hydroxylation is 1. The number of aromatic nitrogens is 1. The zero-order valence-electron chi connectivity index (χ0n) is 12.2. The van der Waals surface area contributed by atoms with Crippen LogP contribution in [0.4, 0.5) is 16.2 Å². The number of anilines is 2. The van der Waals surface area contributed by atoms with Crippen molar-refractivity contribution >= 4 is 17.4 Å². The number of rotatable bonds is 4. The molecule has 6 heteroatoms. The van der Waals surface area contributed by atoms with Crippen LogP contribution in [0.5, 0.6) is 0 Å². The Hall–Kier alpha value is -3.07. The van der Waals surface area contributed by atoms with E-state index in [1.165, 1.54) is 6.07 Å². The third-order valence-electron chi connectivity index (χ3n) is 2.98. The third kappa shape index (κ3) is 3.96. The van der Waals surface area contributed by atoms with Crippen molar-refractivity contribution in [2.45, 2.75) is 19.9 Å². The van der Waals surface area contributed by atoms with E-state index in [4.69, 9.17) is 5.26 Å². The summed E-state index contributed by atoms with van der Waals surface area (Å²) in [5.74, 6) is 0. The van der Waals surface area contributed by atoms with Crippen molar-refractivity contribution in [3.8, 4) is 6.07 Å². The Kier molecular flexibility index (Phi) is 4.94. The number of carbonyl (C=O) groups excluding carboxylic acids is 1. The minimum absolute atomic E-state index is 0.0973. The minimum atomic E-state index is -0.411. The molecule has 0 atom stereocenters. The van der Waals surface area contributed by atoms with E-state index >= 15 is 0 Å². The normalized spacial score (nSPS) is 9.82. The predicted molar refractivity (Wildman–Crippen MR) is 84.8 cm³/mol. The molecule has 2 aromatic rings. The monoisotopic (exact) mass is 296 g/mol. The van der Waals surface area contributed by atoms with Crippen molar-refractivity contribution in [2.24, 2.45) is 0 Å². The van der Waals surface area contributed by atoms with Crippen molar-refractivity contribution in [2.75, 3.05) is 10.6 Å². The van der Waals surface area contributed by atoms with E-state index in [1.54, 1.807) is 41.1 Å². The maximum Gasteiger partial charge on any atom is 0.323 e. The molecule has 0 saturated carbocycles. The number of nitrogens with one attached hydrogen (secondary N) is 2. The van der Waals surface area contributed by atoms with Crippen LogP contribution in [0.15, 0.2) is 47.4 Å². The molecule has 0 fully saturated rings. The molecule has 0 bridgehead atoms. The lowest BCUT2D eigenvalue weighted by Crippen LogP contribution is -2.23. The Labute approximate surface area is 128 Å². The molecular weight excluding hydrogens is 280 g/mol. The van der Waals surface area contributed by atoms with E-state index in [2.05, 4.69) is 10.6 Å². The van der Waals surface area contributed by atoms with Crippen LogP contribution in [-0.2, 0) is 6.54 Å². The first-order chi connectivity index (χ1) is 10.6. The molecule has 0 unspecified atom stereocenters. The largest absolute Gasteiger partial charge is 0.323 e. The van der Waals surface area contributed by atoms with Crippen LogP contribution in [0, 0.1) is 11.3 Å². The molecule has 1 heterocycles. The second-order valence-corrected chi connectivity index (χ2v) is 4.72. The number of nitrogens with zero attached hydrogens (tertiary/aromatic N) is 2. The summed E-state index contributed by atoms with van der Waals surface area (Å²) < 4.78 is 1.55. The predicted octanol–water partition coefficient (Wildman–Crippen LogP) is 2.77. The lowest BCUT2D eigenvalue weighted by Gasteiger charge is -2.10. The average molecular weight is 296 g/mol. The van der Waals surface area contributed by atoms with E-state index in [1.807, 2.05) is 13.0 Å². The Balaban J connectivity index is 2.03. The number of urea groups is 1. The molecule has 1 aromatic heterocycles. The van der Waals surface area contributed by atoms with Crippen LogP contribution in [0.3, 0.4) is 0 Å². The molecule has 2 rings (SSSR count). The highest BCUT2D eigenvalue weighted by Gasteiger charge is 2.04. The van der Waals surface area contributed by atoms with Gasteiger partial charge in [0.25, 0.3) is 5.56 Å². The van der Waals surface area contributed by atoms with Gasteiger partial charge in [0.2, 0.25) is 0 Å². The highest BCUT2D eigenvalue weighted by molar-refractivity contribution is 5.99.